The molecule has 1 nitrogen and oxygen atoms in total. The van der Waals surface area contributed by atoms with Gasteiger partial charge in [0.25, 0.3) is 5.60 Å². The van der Waals surface area contributed by atoms with E-state index in [-0.39, 0.29) is 14.7 Å². The molecule has 0 aliphatic heterocycles. The number of halogens is 7. The van der Waals surface area contributed by atoms with E-state index in [4.69, 9.17) is 0 Å². The first-order valence-electron chi connectivity index (χ1n) is 7.07. The number of rotatable bonds is 4. The Hall–Kier alpha value is -1.29. The summed E-state index contributed by atoms with van der Waals surface area (Å²) in [7, 11) is 0. The molecule has 0 N–H and O–H groups in total. The maximum Gasteiger partial charge on any atom is 0.430 e. The molecule has 0 aliphatic rings. The van der Waals surface area contributed by atoms with Crippen LogP contribution in [-0.2, 0) is 16.9 Å². The molecule has 25 heavy (non-hydrogen) atoms. The molecule has 0 spiro atoms. The molecule has 8 heteroatoms. The Balaban J connectivity index is 2.63. The van der Waals surface area contributed by atoms with Crippen LogP contribution in [0, 0.1) is 10.5 Å². The fraction of sp³-hybridized carbons (Fsp3) is 0.294. The first-order chi connectivity index (χ1) is 11.5. The molecule has 0 saturated heterocycles. The van der Waals surface area contributed by atoms with Crippen LogP contribution in [0.25, 0.3) is 0 Å². The van der Waals surface area contributed by atoms with E-state index < -0.39 is 30.1 Å². The standard InChI is InChI=1S/C17H13F6IO/c1-11-7-8-14(24)13(9-11)15(16(18,19)20,17(21,22)23)25-10-12-5-3-2-4-6-12/h2-9H,10H2,1H3. The lowest BCUT2D eigenvalue weighted by atomic mass is 9.90. The molecule has 0 amide bonds. The van der Waals surface area contributed by atoms with Crippen LogP contribution in [0.2, 0.25) is 0 Å². The van der Waals surface area contributed by atoms with Gasteiger partial charge in [-0.2, -0.15) is 26.3 Å². The van der Waals surface area contributed by atoms with Gasteiger partial charge in [0.1, 0.15) is 0 Å². The highest BCUT2D eigenvalue weighted by Crippen LogP contribution is 2.54. The number of hydrogen-bond acceptors (Lipinski definition) is 1. The summed E-state index contributed by atoms with van der Waals surface area (Å²) in [6.07, 6.45) is -11.4. The summed E-state index contributed by atoms with van der Waals surface area (Å²) in [5, 5.41) is 0. The van der Waals surface area contributed by atoms with E-state index in [1.165, 1.54) is 65.9 Å². The highest BCUT2D eigenvalue weighted by Gasteiger charge is 2.74. The van der Waals surface area contributed by atoms with Crippen molar-refractivity contribution in [2.45, 2.75) is 31.5 Å². The Bertz CT molecular complexity index is 710. The zero-order chi connectivity index (χ0) is 18.9. The molecule has 0 unspecified atom stereocenters. The van der Waals surface area contributed by atoms with Crippen molar-refractivity contribution in [2.75, 3.05) is 0 Å². The monoisotopic (exact) mass is 474 g/mol. The van der Waals surface area contributed by atoms with Gasteiger partial charge in [-0.25, -0.2) is 0 Å². The molecule has 0 radical (unpaired) electrons. The van der Waals surface area contributed by atoms with Gasteiger partial charge in [-0.15, -0.1) is 0 Å². The zero-order valence-corrected chi connectivity index (χ0v) is 15.0. The maximum absolute atomic E-state index is 13.7. The summed E-state index contributed by atoms with van der Waals surface area (Å²) in [6.45, 7) is 0.595. The molecule has 0 aromatic heterocycles. The average Bonchev–Trinajstić information content (AvgIpc) is 2.49. The minimum Gasteiger partial charge on any atom is -0.349 e. The van der Waals surface area contributed by atoms with E-state index in [1.807, 2.05) is 0 Å². The largest absolute Gasteiger partial charge is 0.430 e. The molecular weight excluding hydrogens is 461 g/mol. The topological polar surface area (TPSA) is 9.23 Å². The molecule has 2 aromatic rings. The first-order valence-corrected chi connectivity index (χ1v) is 8.15. The first kappa shape index (κ1) is 20.0. The van der Waals surface area contributed by atoms with Gasteiger partial charge < -0.3 is 4.74 Å². The highest BCUT2D eigenvalue weighted by molar-refractivity contribution is 14.1. The van der Waals surface area contributed by atoms with Gasteiger partial charge in [0.05, 0.1) is 6.61 Å². The lowest BCUT2D eigenvalue weighted by Crippen LogP contribution is -2.56. The van der Waals surface area contributed by atoms with Gasteiger partial charge in [-0.1, -0.05) is 48.0 Å². The van der Waals surface area contributed by atoms with Gasteiger partial charge in [-0.3, -0.25) is 0 Å². The predicted octanol–water partition coefficient (Wildman–Crippen LogP) is 6.14. The maximum atomic E-state index is 13.7. The van der Waals surface area contributed by atoms with Crippen molar-refractivity contribution in [1.82, 2.24) is 0 Å². The van der Waals surface area contributed by atoms with Crippen molar-refractivity contribution >= 4 is 22.6 Å². The Kier molecular flexibility index (Phi) is 5.72. The van der Waals surface area contributed by atoms with Crippen molar-refractivity contribution < 1.29 is 31.1 Å². The SMILES string of the molecule is Cc1ccc(I)c(C(OCc2ccccc2)(C(F)(F)F)C(F)(F)F)c1. The van der Waals surface area contributed by atoms with Crippen LogP contribution in [0.15, 0.2) is 48.5 Å². The van der Waals surface area contributed by atoms with Gasteiger partial charge in [0.15, 0.2) is 0 Å². The van der Waals surface area contributed by atoms with Crippen LogP contribution >= 0.6 is 22.6 Å². The molecule has 0 bridgehead atoms. The van der Waals surface area contributed by atoms with Crippen molar-refractivity contribution in [3.63, 3.8) is 0 Å². The Labute approximate surface area is 154 Å². The molecule has 2 aromatic carbocycles. The van der Waals surface area contributed by atoms with Gasteiger partial charge in [-0.05, 0) is 41.1 Å². The Morgan fingerprint density at radius 1 is 0.880 bits per heavy atom. The van der Waals surface area contributed by atoms with E-state index in [2.05, 4.69) is 4.74 Å². The van der Waals surface area contributed by atoms with Crippen molar-refractivity contribution in [2.24, 2.45) is 0 Å². The summed E-state index contributed by atoms with van der Waals surface area (Å²) < 4.78 is 86.8. The van der Waals surface area contributed by atoms with Crippen molar-refractivity contribution in [3.05, 3.63) is 68.8 Å². The lowest BCUT2D eigenvalue weighted by Gasteiger charge is -2.38. The third-order valence-corrected chi connectivity index (χ3v) is 4.54. The van der Waals surface area contributed by atoms with Crippen LogP contribution in [0.3, 0.4) is 0 Å². The summed E-state index contributed by atoms with van der Waals surface area (Å²) >= 11 is 1.46. The van der Waals surface area contributed by atoms with E-state index in [9.17, 15) is 26.3 Å². The van der Waals surface area contributed by atoms with Crippen LogP contribution in [0.1, 0.15) is 16.7 Å². The fourth-order valence-electron chi connectivity index (χ4n) is 2.38. The number of benzene rings is 2. The predicted molar refractivity (Wildman–Crippen MR) is 88.9 cm³/mol. The number of hydrogen-bond donors (Lipinski definition) is 0. The van der Waals surface area contributed by atoms with E-state index in [0.717, 1.165) is 6.07 Å². The van der Waals surface area contributed by atoms with Gasteiger partial charge in [0, 0.05) is 9.13 Å². The smallest absolute Gasteiger partial charge is 0.349 e. The third-order valence-electron chi connectivity index (χ3n) is 3.60. The average molecular weight is 474 g/mol. The number of aryl methyl sites for hydroxylation is 1. The Morgan fingerprint density at radius 2 is 1.44 bits per heavy atom. The lowest BCUT2D eigenvalue weighted by molar-refractivity contribution is -0.392. The second kappa shape index (κ2) is 7.14. The van der Waals surface area contributed by atoms with Gasteiger partial charge >= 0.3 is 12.4 Å². The fourth-order valence-corrected chi connectivity index (χ4v) is 3.10. The molecule has 0 heterocycles. The third kappa shape index (κ3) is 3.94. The van der Waals surface area contributed by atoms with Crippen molar-refractivity contribution in [1.29, 1.82) is 0 Å². The van der Waals surface area contributed by atoms with E-state index in [1.54, 1.807) is 6.07 Å². The summed E-state index contributed by atoms with van der Waals surface area (Å²) in [6, 6.07) is 11.0. The molecule has 0 saturated carbocycles. The number of alkyl halides is 6. The summed E-state index contributed by atoms with van der Waals surface area (Å²) in [4.78, 5) is 0. The van der Waals surface area contributed by atoms with Gasteiger partial charge in [0.2, 0.25) is 0 Å². The summed E-state index contributed by atoms with van der Waals surface area (Å²) in [5.41, 5.74) is -4.87. The summed E-state index contributed by atoms with van der Waals surface area (Å²) in [5.74, 6) is 0. The second-order valence-corrected chi connectivity index (χ2v) is 6.60. The molecule has 0 atom stereocenters. The Morgan fingerprint density at radius 3 is 1.96 bits per heavy atom. The van der Waals surface area contributed by atoms with Crippen LogP contribution in [-0.4, -0.2) is 12.4 Å². The highest BCUT2D eigenvalue weighted by atomic mass is 127. The molecule has 136 valence electrons. The van der Waals surface area contributed by atoms with Crippen molar-refractivity contribution in [3.8, 4) is 0 Å². The quantitative estimate of drug-likeness (QED) is 0.383. The molecule has 0 fully saturated rings. The molecule has 2 rings (SSSR count). The number of ether oxygens (including phenoxy) is 1. The zero-order valence-electron chi connectivity index (χ0n) is 12.9. The molecular formula is C17H13F6IO. The van der Waals surface area contributed by atoms with Crippen LogP contribution in [0.5, 0.6) is 0 Å². The van der Waals surface area contributed by atoms with Crippen LogP contribution < -0.4 is 0 Å². The van der Waals surface area contributed by atoms with E-state index in [0.29, 0.717) is 0 Å². The minimum atomic E-state index is -5.69. The van der Waals surface area contributed by atoms with Crippen LogP contribution in [0.4, 0.5) is 26.3 Å². The molecule has 0 aliphatic carbocycles. The van der Waals surface area contributed by atoms with E-state index >= 15 is 0 Å². The minimum absolute atomic E-state index is 0.175. The second-order valence-electron chi connectivity index (χ2n) is 5.43. The normalized spacial score (nSPS) is 13.1.